The smallest absolute Gasteiger partial charge is 0.119 e. The zero-order chi connectivity index (χ0) is 21.5. The van der Waals surface area contributed by atoms with Crippen molar-refractivity contribution in [2.45, 2.75) is 19.5 Å². The summed E-state index contributed by atoms with van der Waals surface area (Å²) in [6.07, 6.45) is 0. The summed E-state index contributed by atoms with van der Waals surface area (Å²) in [7, 11) is 2.12. The van der Waals surface area contributed by atoms with Gasteiger partial charge >= 0.3 is 0 Å². The molecule has 0 spiro atoms. The van der Waals surface area contributed by atoms with Crippen LogP contribution >= 0.6 is 0 Å². The lowest BCUT2D eigenvalue weighted by atomic mass is 10.0. The molecule has 0 bridgehead atoms. The molecule has 0 aromatic heterocycles. The molecule has 0 saturated carbocycles. The van der Waals surface area contributed by atoms with Crippen molar-refractivity contribution in [2.24, 2.45) is 0 Å². The highest BCUT2D eigenvalue weighted by atomic mass is 16.5. The van der Waals surface area contributed by atoms with Crippen LogP contribution in [0.15, 0.2) is 42.5 Å². The summed E-state index contributed by atoms with van der Waals surface area (Å²) in [5.41, 5.74) is 2.70. The molecule has 2 aromatic carbocycles. The molecule has 1 heterocycles. The Balaban J connectivity index is 1.85. The Morgan fingerprint density at radius 1 is 1.20 bits per heavy atom. The molecule has 1 atom stereocenters. The third-order valence-electron chi connectivity index (χ3n) is 5.20. The molecule has 0 amide bonds. The van der Waals surface area contributed by atoms with E-state index in [0.29, 0.717) is 29.2 Å². The van der Waals surface area contributed by atoms with Crippen LogP contribution in [0, 0.1) is 11.3 Å². The summed E-state index contributed by atoms with van der Waals surface area (Å²) in [4.78, 5) is 16.6. The average Bonchev–Trinajstić information content (AvgIpc) is 2.74. The Hall–Kier alpha value is -3.08. The molecule has 1 fully saturated rings. The van der Waals surface area contributed by atoms with Gasteiger partial charge in [-0.3, -0.25) is 4.90 Å². The van der Waals surface area contributed by atoms with E-state index in [1.807, 2.05) is 19.1 Å². The number of ether oxygens (including phenoxy) is 1. The highest BCUT2D eigenvalue weighted by Gasteiger charge is 2.18. The zero-order valence-electron chi connectivity index (χ0n) is 17.4. The second kappa shape index (κ2) is 10.1. The SMILES string of the molecule is CCOc1cc(CN2CCN(C)CC2)cc(C(Nc2ccc(C#N)cc2)C(=O)[O-])c1. The minimum Gasteiger partial charge on any atom is -0.548 e. The van der Waals surface area contributed by atoms with E-state index in [2.05, 4.69) is 28.2 Å². The number of anilines is 1. The molecule has 0 aliphatic carbocycles. The number of carbonyl (C=O) groups is 1. The number of carbonyl (C=O) groups excluding carboxylic acids is 1. The van der Waals surface area contributed by atoms with Crippen LogP contribution in [0.5, 0.6) is 5.75 Å². The van der Waals surface area contributed by atoms with Gasteiger partial charge in [-0.05, 0) is 61.5 Å². The van der Waals surface area contributed by atoms with Gasteiger partial charge in [0.05, 0.1) is 30.3 Å². The number of aliphatic carboxylic acids is 1. The number of nitrogens with one attached hydrogen (secondary N) is 1. The number of nitrogens with zero attached hydrogens (tertiary/aromatic N) is 3. The molecular formula is C23H27N4O3-. The summed E-state index contributed by atoms with van der Waals surface area (Å²) < 4.78 is 5.70. The maximum atomic E-state index is 12.0. The van der Waals surface area contributed by atoms with Gasteiger partial charge in [0, 0.05) is 38.4 Å². The van der Waals surface area contributed by atoms with Gasteiger partial charge in [-0.25, -0.2) is 0 Å². The van der Waals surface area contributed by atoms with Crippen LogP contribution in [-0.4, -0.2) is 55.6 Å². The fraction of sp³-hybridized carbons (Fsp3) is 0.391. The first-order valence-electron chi connectivity index (χ1n) is 10.1. The summed E-state index contributed by atoms with van der Waals surface area (Å²) in [5, 5.41) is 23.9. The van der Waals surface area contributed by atoms with Gasteiger partial charge in [0.15, 0.2) is 0 Å². The molecule has 30 heavy (non-hydrogen) atoms. The van der Waals surface area contributed by atoms with Crippen LogP contribution in [0.4, 0.5) is 5.69 Å². The normalized spacial score (nSPS) is 15.9. The highest BCUT2D eigenvalue weighted by Crippen LogP contribution is 2.26. The second-order valence-corrected chi connectivity index (χ2v) is 7.51. The minimum absolute atomic E-state index is 0.496. The van der Waals surface area contributed by atoms with E-state index >= 15 is 0 Å². The van der Waals surface area contributed by atoms with E-state index in [1.54, 1.807) is 30.3 Å². The number of benzene rings is 2. The topological polar surface area (TPSA) is 91.7 Å². The van der Waals surface area contributed by atoms with Crippen molar-refractivity contribution in [3.05, 3.63) is 59.2 Å². The first-order chi connectivity index (χ1) is 14.5. The number of likely N-dealkylation sites (N-methyl/N-ethyl adjacent to an activating group) is 1. The summed E-state index contributed by atoms with van der Waals surface area (Å²) in [6, 6.07) is 13.3. The quantitative estimate of drug-likeness (QED) is 0.711. The van der Waals surface area contributed by atoms with Crippen molar-refractivity contribution in [3.8, 4) is 11.8 Å². The van der Waals surface area contributed by atoms with Gasteiger partial charge in [0.1, 0.15) is 5.75 Å². The number of rotatable bonds is 8. The van der Waals surface area contributed by atoms with Gasteiger partial charge in [0.25, 0.3) is 0 Å². The predicted octanol–water partition coefficient (Wildman–Crippen LogP) is 1.61. The van der Waals surface area contributed by atoms with Crippen molar-refractivity contribution in [3.63, 3.8) is 0 Å². The second-order valence-electron chi connectivity index (χ2n) is 7.51. The van der Waals surface area contributed by atoms with Gasteiger partial charge in [-0.2, -0.15) is 5.26 Å². The van der Waals surface area contributed by atoms with Crippen molar-refractivity contribution in [1.29, 1.82) is 5.26 Å². The number of hydrogen-bond acceptors (Lipinski definition) is 7. The summed E-state index contributed by atoms with van der Waals surface area (Å²) in [5.74, 6) is -0.578. The summed E-state index contributed by atoms with van der Waals surface area (Å²) in [6.45, 7) is 7.10. The lowest BCUT2D eigenvalue weighted by Crippen LogP contribution is -2.43. The molecule has 7 heteroatoms. The average molecular weight is 407 g/mol. The molecule has 3 rings (SSSR count). The molecule has 1 aliphatic heterocycles. The maximum Gasteiger partial charge on any atom is 0.119 e. The largest absolute Gasteiger partial charge is 0.548 e. The van der Waals surface area contributed by atoms with Crippen LogP contribution in [0.3, 0.4) is 0 Å². The third-order valence-corrected chi connectivity index (χ3v) is 5.20. The van der Waals surface area contributed by atoms with Crippen molar-refractivity contribution in [2.75, 3.05) is 45.2 Å². The molecule has 158 valence electrons. The first-order valence-corrected chi connectivity index (χ1v) is 10.1. The number of carboxylic acid groups (broad SMARTS) is 1. The van der Waals surface area contributed by atoms with Crippen molar-refractivity contribution in [1.82, 2.24) is 9.80 Å². The van der Waals surface area contributed by atoms with Gasteiger partial charge in [-0.15, -0.1) is 0 Å². The molecule has 1 aliphatic rings. The van der Waals surface area contributed by atoms with Gasteiger partial charge in [0.2, 0.25) is 0 Å². The molecule has 2 aromatic rings. The standard InChI is InChI=1S/C23H28N4O3/c1-3-30-21-13-18(16-27-10-8-26(2)9-11-27)12-19(14-21)22(23(28)29)25-20-6-4-17(15-24)5-7-20/h4-7,12-14,22,25H,3,8-11,16H2,1-2H3,(H,28,29)/p-1. The number of piperazine rings is 1. The molecule has 7 nitrogen and oxygen atoms in total. The van der Waals surface area contributed by atoms with Crippen molar-refractivity contribution < 1.29 is 14.6 Å². The van der Waals surface area contributed by atoms with Crippen LogP contribution in [0.25, 0.3) is 0 Å². The Morgan fingerprint density at radius 3 is 2.50 bits per heavy atom. The van der Waals surface area contributed by atoms with Gasteiger partial charge < -0.3 is 24.9 Å². The Kier molecular flexibility index (Phi) is 7.28. The lowest BCUT2D eigenvalue weighted by molar-refractivity contribution is -0.307. The molecule has 0 radical (unpaired) electrons. The molecular weight excluding hydrogens is 380 g/mol. The van der Waals surface area contributed by atoms with Crippen LogP contribution < -0.4 is 15.2 Å². The number of nitriles is 1. The Morgan fingerprint density at radius 2 is 1.90 bits per heavy atom. The third kappa shape index (κ3) is 5.72. The zero-order valence-corrected chi connectivity index (χ0v) is 17.4. The number of hydrogen-bond donors (Lipinski definition) is 1. The van der Waals surface area contributed by atoms with Crippen LogP contribution in [0.1, 0.15) is 29.7 Å². The van der Waals surface area contributed by atoms with Crippen molar-refractivity contribution >= 4 is 11.7 Å². The lowest BCUT2D eigenvalue weighted by Gasteiger charge is -2.32. The van der Waals surface area contributed by atoms with E-state index in [4.69, 9.17) is 10.00 Å². The van der Waals surface area contributed by atoms with Gasteiger partial charge in [-0.1, -0.05) is 6.07 Å². The molecule has 1 unspecified atom stereocenters. The monoisotopic (exact) mass is 407 g/mol. The Bertz CT molecular complexity index is 900. The van der Waals surface area contributed by atoms with E-state index in [9.17, 15) is 9.90 Å². The molecule has 1 saturated heterocycles. The van der Waals surface area contributed by atoms with E-state index in [1.165, 1.54) is 0 Å². The maximum absolute atomic E-state index is 12.0. The predicted molar refractivity (Wildman–Crippen MR) is 113 cm³/mol. The van der Waals surface area contributed by atoms with Crippen LogP contribution in [0.2, 0.25) is 0 Å². The van der Waals surface area contributed by atoms with E-state index < -0.39 is 12.0 Å². The van der Waals surface area contributed by atoms with E-state index in [-0.39, 0.29) is 0 Å². The first kappa shape index (κ1) is 21.6. The molecule has 1 N–H and O–H groups in total. The van der Waals surface area contributed by atoms with Crippen LogP contribution in [-0.2, 0) is 11.3 Å². The highest BCUT2D eigenvalue weighted by molar-refractivity contribution is 5.78. The fourth-order valence-electron chi connectivity index (χ4n) is 3.54. The Labute approximate surface area is 177 Å². The van der Waals surface area contributed by atoms with E-state index in [0.717, 1.165) is 38.3 Å². The summed E-state index contributed by atoms with van der Waals surface area (Å²) >= 11 is 0. The fourth-order valence-corrected chi connectivity index (χ4v) is 3.54. The number of carboxylic acids is 1. The minimum atomic E-state index is -1.22.